The molecule has 0 unspecified atom stereocenters. The molecular formula is C18H21ClN2O2. The lowest BCUT2D eigenvalue weighted by molar-refractivity contribution is -0.127. The van der Waals surface area contributed by atoms with Gasteiger partial charge in [-0.25, -0.2) is 0 Å². The first-order chi connectivity index (χ1) is 11.0. The molecule has 0 spiro atoms. The maximum absolute atomic E-state index is 11.9. The first-order valence-corrected chi connectivity index (χ1v) is 7.73. The summed E-state index contributed by atoms with van der Waals surface area (Å²) < 4.78 is 5.15. The highest BCUT2D eigenvalue weighted by Crippen LogP contribution is 2.24. The summed E-state index contributed by atoms with van der Waals surface area (Å²) in [6.07, 6.45) is 0.368. The summed E-state index contributed by atoms with van der Waals surface area (Å²) in [5, 5.41) is 4.01. The number of amides is 1. The molecule has 0 heterocycles. The number of nitrogens with zero attached hydrogens (tertiary/aromatic N) is 1. The lowest BCUT2D eigenvalue weighted by Gasteiger charge is -2.15. The summed E-state index contributed by atoms with van der Waals surface area (Å²) in [5.74, 6) is 0.803. The number of carbonyl (C=O) groups is 1. The van der Waals surface area contributed by atoms with Gasteiger partial charge in [0.2, 0.25) is 5.91 Å². The molecule has 0 radical (unpaired) electrons. The van der Waals surface area contributed by atoms with Crippen LogP contribution in [-0.4, -0.2) is 32.0 Å². The number of halogens is 1. The molecule has 0 bridgehead atoms. The molecule has 0 aliphatic rings. The van der Waals surface area contributed by atoms with E-state index in [0.29, 0.717) is 18.0 Å². The van der Waals surface area contributed by atoms with E-state index in [4.69, 9.17) is 16.3 Å². The standard InChI is InChI=1S/C18H21ClN2O2/c1-21(2)18(22)10-13-6-4-5-7-17(13)20-12-14-8-9-15(23-3)11-16(14)19/h4-9,11,20H,10,12H2,1-3H3. The second-order valence-corrected chi connectivity index (χ2v) is 5.84. The summed E-state index contributed by atoms with van der Waals surface area (Å²) in [6, 6.07) is 13.4. The zero-order chi connectivity index (χ0) is 16.8. The fourth-order valence-corrected chi connectivity index (χ4v) is 2.39. The minimum absolute atomic E-state index is 0.0710. The van der Waals surface area contributed by atoms with Gasteiger partial charge in [0.15, 0.2) is 0 Å². The molecule has 2 rings (SSSR count). The normalized spacial score (nSPS) is 10.3. The molecule has 5 heteroatoms. The number of hydrogen-bond acceptors (Lipinski definition) is 3. The molecule has 1 N–H and O–H groups in total. The van der Waals surface area contributed by atoms with Crippen LogP contribution in [0.2, 0.25) is 5.02 Å². The van der Waals surface area contributed by atoms with Crippen molar-refractivity contribution in [3.8, 4) is 5.75 Å². The third kappa shape index (κ3) is 4.63. The van der Waals surface area contributed by atoms with Crippen LogP contribution < -0.4 is 10.1 Å². The van der Waals surface area contributed by atoms with Crippen LogP contribution in [0.5, 0.6) is 5.75 Å². The lowest BCUT2D eigenvalue weighted by Crippen LogP contribution is -2.23. The number of rotatable bonds is 6. The first-order valence-electron chi connectivity index (χ1n) is 7.35. The van der Waals surface area contributed by atoms with Gasteiger partial charge in [-0.2, -0.15) is 0 Å². The quantitative estimate of drug-likeness (QED) is 0.879. The number of ether oxygens (including phenoxy) is 1. The topological polar surface area (TPSA) is 41.6 Å². The molecule has 2 aromatic rings. The zero-order valence-corrected chi connectivity index (χ0v) is 14.4. The second-order valence-electron chi connectivity index (χ2n) is 5.43. The minimum atomic E-state index is 0.0710. The van der Waals surface area contributed by atoms with Gasteiger partial charge in [-0.15, -0.1) is 0 Å². The Labute approximate surface area is 142 Å². The van der Waals surface area contributed by atoms with Gasteiger partial charge >= 0.3 is 0 Å². The predicted molar refractivity (Wildman–Crippen MR) is 94.2 cm³/mol. The van der Waals surface area contributed by atoms with Gasteiger partial charge in [-0.05, 0) is 29.3 Å². The Morgan fingerprint density at radius 3 is 2.57 bits per heavy atom. The number of para-hydroxylation sites is 1. The number of carbonyl (C=O) groups excluding carboxylic acids is 1. The largest absolute Gasteiger partial charge is 0.497 e. The van der Waals surface area contributed by atoms with Crippen LogP contribution in [0.15, 0.2) is 42.5 Å². The van der Waals surface area contributed by atoms with Gasteiger partial charge < -0.3 is 15.0 Å². The van der Waals surface area contributed by atoms with Crippen molar-refractivity contribution in [1.29, 1.82) is 0 Å². The molecule has 0 aliphatic heterocycles. The molecule has 0 aromatic heterocycles. The van der Waals surface area contributed by atoms with Crippen molar-refractivity contribution in [1.82, 2.24) is 4.90 Å². The van der Waals surface area contributed by atoms with Gasteiger partial charge in [0, 0.05) is 31.4 Å². The van der Waals surface area contributed by atoms with Crippen LogP contribution in [0.3, 0.4) is 0 Å². The van der Waals surface area contributed by atoms with Crippen LogP contribution in [0.1, 0.15) is 11.1 Å². The lowest BCUT2D eigenvalue weighted by atomic mass is 10.1. The van der Waals surface area contributed by atoms with Crippen molar-refractivity contribution >= 4 is 23.2 Å². The van der Waals surface area contributed by atoms with Crippen molar-refractivity contribution in [2.75, 3.05) is 26.5 Å². The van der Waals surface area contributed by atoms with E-state index in [1.165, 1.54) is 0 Å². The van der Waals surface area contributed by atoms with Gasteiger partial charge in [-0.3, -0.25) is 4.79 Å². The third-order valence-electron chi connectivity index (χ3n) is 3.59. The van der Waals surface area contributed by atoms with Crippen molar-refractivity contribution in [2.24, 2.45) is 0 Å². The molecule has 0 saturated carbocycles. The van der Waals surface area contributed by atoms with E-state index < -0.39 is 0 Å². The van der Waals surface area contributed by atoms with Gasteiger partial charge in [0.05, 0.1) is 13.5 Å². The Bertz CT molecular complexity index is 686. The van der Waals surface area contributed by atoms with Gasteiger partial charge in [0.1, 0.15) is 5.75 Å². The summed E-state index contributed by atoms with van der Waals surface area (Å²) in [4.78, 5) is 13.5. The molecule has 4 nitrogen and oxygen atoms in total. The fraction of sp³-hybridized carbons (Fsp3) is 0.278. The monoisotopic (exact) mass is 332 g/mol. The highest BCUT2D eigenvalue weighted by Gasteiger charge is 2.10. The van der Waals surface area contributed by atoms with Crippen LogP contribution in [0, 0.1) is 0 Å². The van der Waals surface area contributed by atoms with E-state index in [1.807, 2.05) is 36.4 Å². The Hall–Kier alpha value is -2.20. The molecule has 23 heavy (non-hydrogen) atoms. The maximum atomic E-state index is 11.9. The number of likely N-dealkylation sites (N-methyl/N-ethyl adjacent to an activating group) is 1. The molecule has 122 valence electrons. The summed E-state index contributed by atoms with van der Waals surface area (Å²) in [5.41, 5.74) is 2.88. The SMILES string of the molecule is COc1ccc(CNc2ccccc2CC(=O)N(C)C)c(Cl)c1. The van der Waals surface area contributed by atoms with Crippen molar-refractivity contribution in [2.45, 2.75) is 13.0 Å². The average Bonchev–Trinajstić information content (AvgIpc) is 2.54. The molecule has 0 aliphatic carbocycles. The molecule has 0 fully saturated rings. The minimum Gasteiger partial charge on any atom is -0.497 e. The number of anilines is 1. The predicted octanol–water partition coefficient (Wildman–Crippen LogP) is 3.59. The smallest absolute Gasteiger partial charge is 0.226 e. The van der Waals surface area contributed by atoms with Gasteiger partial charge in [0.25, 0.3) is 0 Å². The van der Waals surface area contributed by atoms with E-state index in [0.717, 1.165) is 22.6 Å². The highest BCUT2D eigenvalue weighted by molar-refractivity contribution is 6.31. The zero-order valence-electron chi connectivity index (χ0n) is 13.6. The Kier molecular flexibility index (Phi) is 5.88. The molecule has 2 aromatic carbocycles. The highest BCUT2D eigenvalue weighted by atomic mass is 35.5. The van der Waals surface area contributed by atoms with E-state index >= 15 is 0 Å². The maximum Gasteiger partial charge on any atom is 0.226 e. The summed E-state index contributed by atoms with van der Waals surface area (Å²) in [6.45, 7) is 0.579. The van der Waals surface area contributed by atoms with E-state index in [1.54, 1.807) is 32.2 Å². The number of hydrogen-bond donors (Lipinski definition) is 1. The summed E-state index contributed by atoms with van der Waals surface area (Å²) in [7, 11) is 5.13. The van der Waals surface area contributed by atoms with Crippen LogP contribution in [0.25, 0.3) is 0 Å². The molecule has 0 atom stereocenters. The number of nitrogens with one attached hydrogen (secondary N) is 1. The average molecular weight is 333 g/mol. The second kappa shape index (κ2) is 7.88. The van der Waals surface area contributed by atoms with Crippen LogP contribution >= 0.6 is 11.6 Å². The molecule has 1 amide bonds. The first kappa shape index (κ1) is 17.2. The summed E-state index contributed by atoms with van der Waals surface area (Å²) >= 11 is 6.26. The molecular weight excluding hydrogens is 312 g/mol. The van der Waals surface area contributed by atoms with E-state index in [-0.39, 0.29) is 5.91 Å². The Balaban J connectivity index is 2.10. The third-order valence-corrected chi connectivity index (χ3v) is 3.94. The van der Waals surface area contributed by atoms with E-state index in [2.05, 4.69) is 5.32 Å². The van der Waals surface area contributed by atoms with Crippen LogP contribution in [-0.2, 0) is 17.8 Å². The Morgan fingerprint density at radius 1 is 1.17 bits per heavy atom. The van der Waals surface area contributed by atoms with Crippen molar-refractivity contribution in [3.05, 3.63) is 58.6 Å². The van der Waals surface area contributed by atoms with Crippen molar-refractivity contribution in [3.63, 3.8) is 0 Å². The number of benzene rings is 2. The van der Waals surface area contributed by atoms with E-state index in [9.17, 15) is 4.79 Å². The molecule has 0 saturated heterocycles. The Morgan fingerprint density at radius 2 is 1.91 bits per heavy atom. The van der Waals surface area contributed by atoms with Crippen LogP contribution in [0.4, 0.5) is 5.69 Å². The van der Waals surface area contributed by atoms with Gasteiger partial charge in [-0.1, -0.05) is 35.9 Å². The fourth-order valence-electron chi connectivity index (χ4n) is 2.16. The number of methoxy groups -OCH3 is 1. The van der Waals surface area contributed by atoms with Crippen molar-refractivity contribution < 1.29 is 9.53 Å².